The molecule has 2 rings (SSSR count). The number of aromatic nitrogens is 1. The number of hydrogen-bond donors (Lipinski definition) is 1. The first kappa shape index (κ1) is 15.1. The van der Waals surface area contributed by atoms with Crippen molar-refractivity contribution in [1.82, 2.24) is 4.57 Å². The molecule has 0 bridgehead atoms. The molecular weight excluding hydrogens is 340 g/mol. The minimum absolute atomic E-state index is 0.0316. The van der Waals surface area contributed by atoms with E-state index in [1.807, 2.05) is 24.4 Å². The Bertz CT molecular complexity index is 655. The number of anilines is 1. The van der Waals surface area contributed by atoms with Crippen molar-refractivity contribution in [3.63, 3.8) is 0 Å². The second-order valence-corrected chi connectivity index (χ2v) is 5.81. The molecule has 1 heterocycles. The quantitative estimate of drug-likeness (QED) is 0.868. The maximum Gasteiger partial charge on any atom is 0.250 e. The molecule has 0 saturated heterocycles. The van der Waals surface area contributed by atoms with Crippen molar-refractivity contribution in [2.75, 3.05) is 5.32 Å². The molecule has 20 heavy (non-hydrogen) atoms. The van der Waals surface area contributed by atoms with Crippen molar-refractivity contribution in [3.05, 3.63) is 61.9 Å². The van der Waals surface area contributed by atoms with Crippen molar-refractivity contribution < 1.29 is 0 Å². The highest BCUT2D eigenvalue weighted by Gasteiger charge is 2.01. The van der Waals surface area contributed by atoms with Gasteiger partial charge in [0.15, 0.2) is 0 Å². The molecule has 0 aliphatic rings. The third kappa shape index (κ3) is 3.87. The summed E-state index contributed by atoms with van der Waals surface area (Å²) in [6.07, 6.45) is 2.79. The molecule has 0 unspecified atom stereocenters. The molecule has 3 nitrogen and oxygen atoms in total. The highest BCUT2D eigenvalue weighted by Crippen LogP contribution is 2.23. The molecule has 5 heteroatoms. The van der Waals surface area contributed by atoms with Gasteiger partial charge in [-0.3, -0.25) is 4.79 Å². The Morgan fingerprint density at radius 3 is 2.80 bits per heavy atom. The number of aryl methyl sites for hydroxylation is 1. The minimum Gasteiger partial charge on any atom is -0.380 e. The number of nitrogens with zero attached hydrogens (tertiary/aromatic N) is 1. The van der Waals surface area contributed by atoms with Gasteiger partial charge in [0.05, 0.1) is 10.7 Å². The van der Waals surface area contributed by atoms with Crippen LogP contribution < -0.4 is 10.9 Å². The average Bonchev–Trinajstić information content (AvgIpc) is 2.43. The first-order valence-electron chi connectivity index (χ1n) is 6.48. The summed E-state index contributed by atoms with van der Waals surface area (Å²) in [5.74, 6) is 0. The predicted octanol–water partition coefficient (Wildman–Crippen LogP) is 4.29. The smallest absolute Gasteiger partial charge is 0.250 e. The fourth-order valence-electron chi connectivity index (χ4n) is 1.91. The molecule has 0 aliphatic heterocycles. The Labute approximate surface area is 131 Å². The first-order valence-corrected chi connectivity index (χ1v) is 7.65. The van der Waals surface area contributed by atoms with Crippen LogP contribution in [0.4, 0.5) is 5.69 Å². The number of rotatable bonds is 5. The lowest BCUT2D eigenvalue weighted by atomic mass is 10.2. The van der Waals surface area contributed by atoms with Crippen molar-refractivity contribution in [2.24, 2.45) is 0 Å². The molecule has 1 aromatic heterocycles. The van der Waals surface area contributed by atoms with Crippen LogP contribution >= 0.6 is 27.5 Å². The number of hydrogen-bond acceptors (Lipinski definition) is 2. The van der Waals surface area contributed by atoms with Gasteiger partial charge < -0.3 is 9.88 Å². The summed E-state index contributed by atoms with van der Waals surface area (Å²) < 4.78 is 2.61. The van der Waals surface area contributed by atoms with Crippen molar-refractivity contribution >= 4 is 33.2 Å². The molecule has 1 N–H and O–H groups in total. The highest BCUT2D eigenvalue weighted by atomic mass is 79.9. The van der Waals surface area contributed by atoms with E-state index in [0.29, 0.717) is 11.6 Å². The SMILES string of the molecule is CCCn1cc(NCc2ccc(Br)c(Cl)c2)ccc1=O. The van der Waals surface area contributed by atoms with Gasteiger partial charge in [0.2, 0.25) is 0 Å². The van der Waals surface area contributed by atoms with Crippen LogP contribution in [-0.2, 0) is 13.1 Å². The lowest BCUT2D eigenvalue weighted by molar-refractivity contribution is 0.655. The van der Waals surface area contributed by atoms with Crippen LogP contribution in [0.5, 0.6) is 0 Å². The zero-order valence-corrected chi connectivity index (χ0v) is 13.5. The van der Waals surface area contributed by atoms with E-state index in [9.17, 15) is 4.79 Å². The summed E-state index contributed by atoms with van der Waals surface area (Å²) >= 11 is 9.43. The van der Waals surface area contributed by atoms with Crippen molar-refractivity contribution in [1.29, 1.82) is 0 Å². The van der Waals surface area contributed by atoms with Gasteiger partial charge in [-0.2, -0.15) is 0 Å². The van der Waals surface area contributed by atoms with Crippen molar-refractivity contribution in [2.45, 2.75) is 26.4 Å². The van der Waals surface area contributed by atoms with Crippen LogP contribution in [0.3, 0.4) is 0 Å². The molecule has 0 amide bonds. The van der Waals surface area contributed by atoms with Gasteiger partial charge in [-0.25, -0.2) is 0 Å². The largest absolute Gasteiger partial charge is 0.380 e. The second-order valence-electron chi connectivity index (χ2n) is 4.55. The predicted molar refractivity (Wildman–Crippen MR) is 87.5 cm³/mol. The Kier molecular flexibility index (Phi) is 5.26. The van der Waals surface area contributed by atoms with E-state index in [-0.39, 0.29) is 5.56 Å². The third-order valence-corrected chi connectivity index (χ3v) is 4.16. The topological polar surface area (TPSA) is 34.0 Å². The van der Waals surface area contributed by atoms with Gasteiger partial charge in [-0.05, 0) is 46.1 Å². The molecule has 0 fully saturated rings. The molecule has 2 aromatic rings. The molecular formula is C15H16BrClN2O. The molecule has 0 aliphatic carbocycles. The lowest BCUT2D eigenvalue weighted by Crippen LogP contribution is -2.18. The Balaban J connectivity index is 2.08. The second kappa shape index (κ2) is 6.95. The molecule has 106 valence electrons. The first-order chi connectivity index (χ1) is 9.60. The highest BCUT2D eigenvalue weighted by molar-refractivity contribution is 9.10. The third-order valence-electron chi connectivity index (χ3n) is 2.93. The Morgan fingerprint density at radius 2 is 2.10 bits per heavy atom. The Hall–Kier alpha value is -1.26. The maximum absolute atomic E-state index is 11.6. The van der Waals surface area contributed by atoms with Crippen LogP contribution in [0.1, 0.15) is 18.9 Å². The van der Waals surface area contributed by atoms with Gasteiger partial charge in [0.1, 0.15) is 0 Å². The number of benzene rings is 1. The number of nitrogens with one attached hydrogen (secondary N) is 1. The monoisotopic (exact) mass is 354 g/mol. The zero-order chi connectivity index (χ0) is 14.5. The van der Waals surface area contributed by atoms with Crippen LogP contribution in [0, 0.1) is 0 Å². The van der Waals surface area contributed by atoms with Gasteiger partial charge >= 0.3 is 0 Å². The summed E-state index contributed by atoms with van der Waals surface area (Å²) in [5.41, 5.74) is 2.05. The van der Waals surface area contributed by atoms with Crippen molar-refractivity contribution in [3.8, 4) is 0 Å². The van der Waals surface area contributed by atoms with Crippen LogP contribution in [0.25, 0.3) is 0 Å². The van der Waals surface area contributed by atoms with E-state index < -0.39 is 0 Å². The van der Waals surface area contributed by atoms with E-state index in [0.717, 1.165) is 28.7 Å². The summed E-state index contributed by atoms with van der Waals surface area (Å²) in [6, 6.07) is 9.24. The average molecular weight is 356 g/mol. The fourth-order valence-corrected chi connectivity index (χ4v) is 2.36. The maximum atomic E-state index is 11.6. The van der Waals surface area contributed by atoms with E-state index in [1.165, 1.54) is 0 Å². The normalized spacial score (nSPS) is 10.6. The van der Waals surface area contributed by atoms with Crippen LogP contribution in [0.15, 0.2) is 45.8 Å². The summed E-state index contributed by atoms with van der Waals surface area (Å²) in [6.45, 7) is 3.45. The fraction of sp³-hybridized carbons (Fsp3) is 0.267. The molecule has 0 spiro atoms. The number of pyridine rings is 1. The molecule has 0 radical (unpaired) electrons. The van der Waals surface area contributed by atoms with Gasteiger partial charge in [-0.1, -0.05) is 24.6 Å². The lowest BCUT2D eigenvalue weighted by Gasteiger charge is -2.10. The number of halogens is 2. The van der Waals surface area contributed by atoms with Gasteiger partial charge in [0.25, 0.3) is 5.56 Å². The Morgan fingerprint density at radius 1 is 1.30 bits per heavy atom. The van der Waals surface area contributed by atoms with Crippen LogP contribution in [0.2, 0.25) is 5.02 Å². The van der Waals surface area contributed by atoms with Gasteiger partial charge in [-0.15, -0.1) is 0 Å². The minimum atomic E-state index is 0.0316. The van der Waals surface area contributed by atoms with E-state index in [1.54, 1.807) is 16.7 Å². The molecule has 0 atom stereocenters. The summed E-state index contributed by atoms with van der Waals surface area (Å²) in [4.78, 5) is 11.6. The standard InChI is InChI=1S/C15H16BrClN2O/c1-2-7-19-10-12(4-6-15(19)20)18-9-11-3-5-13(16)14(17)8-11/h3-6,8,10,18H,2,7,9H2,1H3. The summed E-state index contributed by atoms with van der Waals surface area (Å²) in [5, 5.41) is 3.99. The van der Waals surface area contributed by atoms with Gasteiger partial charge in [0, 0.05) is 29.8 Å². The molecule has 0 saturated carbocycles. The summed E-state index contributed by atoms with van der Waals surface area (Å²) in [7, 11) is 0. The van der Waals surface area contributed by atoms with E-state index in [2.05, 4.69) is 28.2 Å². The van der Waals surface area contributed by atoms with E-state index in [4.69, 9.17) is 11.6 Å². The zero-order valence-electron chi connectivity index (χ0n) is 11.2. The molecule has 1 aromatic carbocycles. The van der Waals surface area contributed by atoms with E-state index >= 15 is 0 Å². The van der Waals surface area contributed by atoms with Crippen LogP contribution in [-0.4, -0.2) is 4.57 Å².